The molecule has 0 saturated heterocycles. The molecule has 6 nitrogen and oxygen atoms in total. The number of nitrogens with zero attached hydrogens (tertiary/aromatic N) is 1. The third-order valence-electron chi connectivity index (χ3n) is 1.95. The molecule has 0 N–H and O–H groups in total. The van der Waals surface area contributed by atoms with Crippen LogP contribution >= 0.6 is 11.6 Å². The molecule has 0 unspecified atom stereocenters. The SMILES string of the molecule is COC(=O)[C@H](C)Oc1ccc(Cl)cc1[N+](=O)[O-]. The van der Waals surface area contributed by atoms with Gasteiger partial charge in [0.1, 0.15) is 0 Å². The Morgan fingerprint density at radius 1 is 1.53 bits per heavy atom. The fraction of sp³-hybridized carbons (Fsp3) is 0.300. The Hall–Kier alpha value is -1.82. The molecule has 1 aromatic rings. The van der Waals surface area contributed by atoms with Crippen LogP contribution in [0.4, 0.5) is 5.69 Å². The number of rotatable bonds is 4. The molecule has 1 atom stereocenters. The zero-order valence-electron chi connectivity index (χ0n) is 9.18. The van der Waals surface area contributed by atoms with Crippen LogP contribution in [-0.2, 0) is 9.53 Å². The quantitative estimate of drug-likeness (QED) is 0.470. The monoisotopic (exact) mass is 259 g/mol. The molecular formula is C10H10ClNO5. The largest absolute Gasteiger partial charge is 0.472 e. The minimum absolute atomic E-state index is 0.0303. The van der Waals surface area contributed by atoms with Gasteiger partial charge in [-0.3, -0.25) is 10.1 Å². The summed E-state index contributed by atoms with van der Waals surface area (Å²) in [6.45, 7) is 1.43. The highest BCUT2D eigenvalue weighted by molar-refractivity contribution is 6.30. The van der Waals surface area contributed by atoms with Crippen molar-refractivity contribution < 1.29 is 19.2 Å². The summed E-state index contributed by atoms with van der Waals surface area (Å²) in [6.07, 6.45) is -0.931. The average Bonchev–Trinajstić information content (AvgIpc) is 2.29. The highest BCUT2D eigenvalue weighted by Crippen LogP contribution is 2.30. The fourth-order valence-corrected chi connectivity index (χ4v) is 1.30. The molecule has 1 rings (SSSR count). The van der Waals surface area contributed by atoms with Gasteiger partial charge in [0.15, 0.2) is 11.9 Å². The highest BCUT2D eigenvalue weighted by atomic mass is 35.5. The number of carbonyl (C=O) groups excluding carboxylic acids is 1. The number of hydrogen-bond donors (Lipinski definition) is 0. The van der Waals surface area contributed by atoms with Gasteiger partial charge in [0.2, 0.25) is 0 Å². The van der Waals surface area contributed by atoms with Gasteiger partial charge in [0.05, 0.1) is 12.0 Å². The highest BCUT2D eigenvalue weighted by Gasteiger charge is 2.21. The van der Waals surface area contributed by atoms with Crippen molar-refractivity contribution in [2.45, 2.75) is 13.0 Å². The van der Waals surface area contributed by atoms with Gasteiger partial charge in [-0.1, -0.05) is 11.6 Å². The van der Waals surface area contributed by atoms with Crippen molar-refractivity contribution in [1.29, 1.82) is 0 Å². The van der Waals surface area contributed by atoms with Gasteiger partial charge in [0, 0.05) is 11.1 Å². The van der Waals surface area contributed by atoms with E-state index in [1.54, 1.807) is 0 Å². The van der Waals surface area contributed by atoms with Crippen molar-refractivity contribution in [3.8, 4) is 5.75 Å². The van der Waals surface area contributed by atoms with Crippen LogP contribution in [0.5, 0.6) is 5.75 Å². The van der Waals surface area contributed by atoms with Gasteiger partial charge >= 0.3 is 11.7 Å². The lowest BCUT2D eigenvalue weighted by Crippen LogP contribution is -2.25. The minimum atomic E-state index is -0.931. The van der Waals surface area contributed by atoms with Crippen molar-refractivity contribution in [1.82, 2.24) is 0 Å². The van der Waals surface area contributed by atoms with Gasteiger partial charge in [-0.25, -0.2) is 4.79 Å². The lowest BCUT2D eigenvalue weighted by Gasteiger charge is -2.12. The summed E-state index contributed by atoms with van der Waals surface area (Å²) in [4.78, 5) is 21.2. The average molecular weight is 260 g/mol. The summed E-state index contributed by atoms with van der Waals surface area (Å²) in [5.41, 5.74) is -0.298. The molecule has 0 aliphatic rings. The molecule has 0 radical (unpaired) electrons. The van der Waals surface area contributed by atoms with Crippen LogP contribution in [0.3, 0.4) is 0 Å². The van der Waals surface area contributed by atoms with Crippen LogP contribution in [0.25, 0.3) is 0 Å². The Morgan fingerprint density at radius 2 is 2.18 bits per heavy atom. The van der Waals surface area contributed by atoms with Crippen molar-refractivity contribution in [3.63, 3.8) is 0 Å². The number of halogens is 1. The summed E-state index contributed by atoms with van der Waals surface area (Å²) in [6, 6.07) is 3.93. The number of benzene rings is 1. The predicted octanol–water partition coefficient (Wildman–Crippen LogP) is 2.19. The smallest absolute Gasteiger partial charge is 0.346 e. The second kappa shape index (κ2) is 5.49. The molecule has 17 heavy (non-hydrogen) atoms. The summed E-state index contributed by atoms with van der Waals surface area (Å²) >= 11 is 5.64. The molecule has 0 fully saturated rings. The van der Waals surface area contributed by atoms with Crippen LogP contribution in [-0.4, -0.2) is 24.1 Å². The maximum atomic E-state index is 11.1. The van der Waals surface area contributed by atoms with Crippen LogP contribution in [0.15, 0.2) is 18.2 Å². The number of esters is 1. The number of methoxy groups -OCH3 is 1. The van der Waals surface area contributed by atoms with E-state index in [2.05, 4.69) is 4.74 Å². The van der Waals surface area contributed by atoms with Crippen LogP contribution < -0.4 is 4.74 Å². The Morgan fingerprint density at radius 3 is 2.71 bits per heavy atom. The van der Waals surface area contributed by atoms with E-state index in [1.807, 2.05) is 0 Å². The number of hydrogen-bond acceptors (Lipinski definition) is 5. The molecule has 0 heterocycles. The topological polar surface area (TPSA) is 78.7 Å². The maximum Gasteiger partial charge on any atom is 0.346 e. The molecule has 0 saturated carbocycles. The number of ether oxygens (including phenoxy) is 2. The Kier molecular flexibility index (Phi) is 4.28. The van der Waals surface area contributed by atoms with E-state index in [9.17, 15) is 14.9 Å². The van der Waals surface area contributed by atoms with E-state index in [0.717, 1.165) is 6.07 Å². The van der Waals surface area contributed by atoms with E-state index in [0.29, 0.717) is 0 Å². The third kappa shape index (κ3) is 3.32. The Balaban J connectivity index is 2.98. The van der Waals surface area contributed by atoms with Crippen LogP contribution in [0, 0.1) is 10.1 Å². The Bertz CT molecular complexity index is 448. The molecule has 0 aliphatic heterocycles. The maximum absolute atomic E-state index is 11.1. The fourth-order valence-electron chi connectivity index (χ4n) is 1.14. The first-order chi connectivity index (χ1) is 7.95. The Labute approximate surface area is 102 Å². The lowest BCUT2D eigenvalue weighted by atomic mass is 10.3. The van der Waals surface area contributed by atoms with Crippen LogP contribution in [0.2, 0.25) is 5.02 Å². The molecule has 0 aliphatic carbocycles. The normalized spacial score (nSPS) is 11.7. The van der Waals surface area contributed by atoms with Crippen LogP contribution in [0.1, 0.15) is 6.92 Å². The lowest BCUT2D eigenvalue weighted by molar-refractivity contribution is -0.386. The molecule has 92 valence electrons. The van der Waals surface area contributed by atoms with Gasteiger partial charge in [-0.2, -0.15) is 0 Å². The molecule has 0 bridgehead atoms. The molecule has 7 heteroatoms. The van der Waals surface area contributed by atoms with Crippen molar-refractivity contribution in [2.24, 2.45) is 0 Å². The molecule has 0 amide bonds. The minimum Gasteiger partial charge on any atom is -0.472 e. The molecule has 0 aromatic heterocycles. The standard InChI is InChI=1S/C10H10ClNO5/c1-6(10(13)16-2)17-9-4-3-7(11)5-8(9)12(14)15/h3-6H,1-2H3/t6-/m0/s1. The van der Waals surface area contributed by atoms with Gasteiger partial charge < -0.3 is 9.47 Å². The van der Waals surface area contributed by atoms with E-state index in [-0.39, 0.29) is 16.5 Å². The molecule has 1 aromatic carbocycles. The summed E-state index contributed by atoms with van der Waals surface area (Å²) in [7, 11) is 1.21. The predicted molar refractivity (Wildman–Crippen MR) is 60.2 cm³/mol. The zero-order chi connectivity index (χ0) is 13.0. The zero-order valence-corrected chi connectivity index (χ0v) is 9.93. The summed E-state index contributed by atoms with van der Waals surface area (Å²) < 4.78 is 9.59. The molecular weight excluding hydrogens is 250 g/mol. The number of nitro groups is 1. The second-order valence-corrected chi connectivity index (χ2v) is 3.59. The first-order valence-corrected chi connectivity index (χ1v) is 5.02. The second-order valence-electron chi connectivity index (χ2n) is 3.15. The number of nitro benzene ring substituents is 1. The third-order valence-corrected chi connectivity index (χ3v) is 2.19. The number of carbonyl (C=O) groups is 1. The van der Waals surface area contributed by atoms with Crippen molar-refractivity contribution >= 4 is 23.3 Å². The summed E-state index contributed by atoms with van der Waals surface area (Å²) in [5.74, 6) is -0.647. The van der Waals surface area contributed by atoms with E-state index < -0.39 is 17.0 Å². The van der Waals surface area contributed by atoms with E-state index >= 15 is 0 Å². The van der Waals surface area contributed by atoms with E-state index in [4.69, 9.17) is 16.3 Å². The van der Waals surface area contributed by atoms with Crippen molar-refractivity contribution in [2.75, 3.05) is 7.11 Å². The molecule has 0 spiro atoms. The summed E-state index contributed by atoms with van der Waals surface area (Å²) in [5, 5.41) is 11.0. The van der Waals surface area contributed by atoms with Crippen molar-refractivity contribution in [3.05, 3.63) is 33.3 Å². The van der Waals surface area contributed by atoms with Gasteiger partial charge in [-0.05, 0) is 19.1 Å². The first kappa shape index (κ1) is 13.2. The van der Waals surface area contributed by atoms with Gasteiger partial charge in [-0.15, -0.1) is 0 Å². The first-order valence-electron chi connectivity index (χ1n) is 4.64. The van der Waals surface area contributed by atoms with Gasteiger partial charge in [0.25, 0.3) is 0 Å². The van der Waals surface area contributed by atoms with E-state index in [1.165, 1.54) is 26.2 Å².